The molecule has 7 aromatic rings. The van der Waals surface area contributed by atoms with E-state index in [-0.39, 0.29) is 91.3 Å². The summed E-state index contributed by atoms with van der Waals surface area (Å²) in [4.78, 5) is 34.4. The molecule has 2 aliphatic heterocycles. The average Bonchev–Trinajstić information content (AvgIpc) is 1.57. The molecule has 0 aliphatic carbocycles. The number of benzene rings is 7. The van der Waals surface area contributed by atoms with E-state index in [9.17, 15) is 30.9 Å². The van der Waals surface area contributed by atoms with Crippen molar-refractivity contribution in [1.82, 2.24) is 0 Å². The highest BCUT2D eigenvalue weighted by atomic mass is 16.5. The van der Waals surface area contributed by atoms with Gasteiger partial charge in [0.05, 0.1) is 75.0 Å². The number of rotatable bonds is 18. The Morgan fingerprint density at radius 2 is 0.762 bits per heavy atom. The van der Waals surface area contributed by atoms with Crippen molar-refractivity contribution < 1.29 is 49.0 Å². The number of para-hydroxylation sites is 2. The number of methoxy groups -OCH3 is 4. The van der Waals surface area contributed by atoms with Crippen molar-refractivity contribution in [2.45, 2.75) is 11.8 Å². The number of hydrogen-bond donors (Lipinski definition) is 6. The first-order valence-electron chi connectivity index (χ1n) is 26.1. The fourth-order valence-electron chi connectivity index (χ4n) is 10.1. The van der Waals surface area contributed by atoms with E-state index < -0.39 is 23.4 Å². The van der Waals surface area contributed by atoms with Crippen molar-refractivity contribution in [3.05, 3.63) is 261 Å². The number of phenolic OH excluding ortho intramolecular Hbond substituents is 4. The van der Waals surface area contributed by atoms with Gasteiger partial charge in [0.1, 0.15) is 11.6 Å². The number of nitrogens with two attached hydrogens (primary N) is 2. The second-order valence-electron chi connectivity index (χ2n) is 19.1. The van der Waals surface area contributed by atoms with Gasteiger partial charge in [0.25, 0.3) is 0 Å². The Morgan fingerprint density at radius 1 is 0.440 bits per heavy atom. The van der Waals surface area contributed by atoms with Crippen LogP contribution in [-0.2, 0) is 9.59 Å². The van der Waals surface area contributed by atoms with Crippen LogP contribution in [0.4, 0.5) is 11.4 Å². The molecular weight excluding hydrogens is 1060 g/mol. The van der Waals surface area contributed by atoms with Gasteiger partial charge in [-0.15, -0.1) is 0 Å². The average molecular weight is 1120 g/mol. The zero-order chi connectivity index (χ0) is 59.6. The number of phenols is 4. The summed E-state index contributed by atoms with van der Waals surface area (Å²) < 4.78 is 21.6. The SMILES string of the molecule is COc1cc(C=CC(=O)C2=C(C=Cc3ccc(O)c(OC)c3)N(c3ccccc3)C(N)=C(C#N)C2c2cccc(C3C(C#N)=C(N)N(c4ccccc4)C(C=Cc4ccc(O)c(OC)c4)=C3C(=O)C=Cc3ccc(O)c(OC)c3)c2)ccc1O. The Balaban J connectivity index is 1.32. The summed E-state index contributed by atoms with van der Waals surface area (Å²) in [7, 11) is 5.66. The van der Waals surface area contributed by atoms with Gasteiger partial charge in [0.2, 0.25) is 0 Å². The van der Waals surface area contributed by atoms with Crippen LogP contribution in [0, 0.1) is 22.7 Å². The molecule has 84 heavy (non-hydrogen) atoms. The lowest BCUT2D eigenvalue weighted by molar-refractivity contribution is -0.112. The molecule has 0 spiro atoms. The van der Waals surface area contributed by atoms with Gasteiger partial charge in [-0.25, -0.2) is 0 Å². The van der Waals surface area contributed by atoms with Gasteiger partial charge >= 0.3 is 0 Å². The van der Waals surface area contributed by atoms with Crippen LogP contribution >= 0.6 is 0 Å². The normalized spacial score (nSPS) is 15.5. The summed E-state index contributed by atoms with van der Waals surface area (Å²) in [5, 5.41) is 64.7. The van der Waals surface area contributed by atoms with Crippen LogP contribution in [0.1, 0.15) is 45.2 Å². The number of anilines is 2. The highest BCUT2D eigenvalue weighted by Gasteiger charge is 2.41. The predicted molar refractivity (Wildman–Crippen MR) is 322 cm³/mol. The van der Waals surface area contributed by atoms with Crippen LogP contribution in [0.5, 0.6) is 46.0 Å². The maximum atomic E-state index is 15.6. The number of carbonyl (C=O) groups excluding carboxylic acids is 2. The Morgan fingerprint density at radius 3 is 1.07 bits per heavy atom. The Kier molecular flexibility index (Phi) is 17.1. The molecule has 2 heterocycles. The van der Waals surface area contributed by atoms with Gasteiger partial charge in [0, 0.05) is 22.5 Å². The third kappa shape index (κ3) is 11.7. The Hall–Kier alpha value is -11.6. The van der Waals surface area contributed by atoms with Gasteiger partial charge < -0.3 is 50.8 Å². The lowest BCUT2D eigenvalue weighted by atomic mass is 9.75. The van der Waals surface area contributed by atoms with E-state index in [1.165, 1.54) is 64.9 Å². The molecule has 0 saturated heterocycles. The minimum absolute atomic E-state index is 0.00564. The number of nitrogens with zero attached hydrogens (tertiary/aromatic N) is 4. The van der Waals surface area contributed by atoms with Crippen LogP contribution in [0.3, 0.4) is 0 Å². The van der Waals surface area contributed by atoms with E-state index in [0.29, 0.717) is 44.8 Å². The molecule has 2 unspecified atom stereocenters. The summed E-state index contributed by atoms with van der Waals surface area (Å²) >= 11 is 0. The van der Waals surface area contributed by atoms with E-state index >= 15 is 9.59 Å². The van der Waals surface area contributed by atoms with Gasteiger partial charge in [-0.1, -0.05) is 109 Å². The number of nitriles is 2. The van der Waals surface area contributed by atoms with Gasteiger partial charge in [-0.05, 0) is 130 Å². The topological polar surface area (TPSA) is 258 Å². The van der Waals surface area contributed by atoms with Crippen LogP contribution < -0.4 is 40.2 Å². The van der Waals surface area contributed by atoms with Crippen LogP contribution in [-0.4, -0.2) is 60.4 Å². The fraction of sp³-hybridized carbons (Fsp3) is 0.0882. The molecule has 418 valence electrons. The number of hydrogen-bond acceptors (Lipinski definition) is 16. The molecule has 2 atom stereocenters. The molecule has 0 radical (unpaired) electrons. The zero-order valence-electron chi connectivity index (χ0n) is 46.0. The van der Waals surface area contributed by atoms with Crippen molar-refractivity contribution in [1.29, 1.82) is 10.5 Å². The number of ketones is 2. The first-order chi connectivity index (χ1) is 40.7. The highest BCUT2D eigenvalue weighted by molar-refractivity contribution is 6.11. The van der Waals surface area contributed by atoms with Crippen molar-refractivity contribution in [3.8, 4) is 58.1 Å². The zero-order valence-corrected chi connectivity index (χ0v) is 46.0. The monoisotopic (exact) mass is 1120 g/mol. The van der Waals surface area contributed by atoms with Crippen LogP contribution in [0.15, 0.2) is 227 Å². The van der Waals surface area contributed by atoms with E-state index in [1.807, 2.05) is 12.1 Å². The largest absolute Gasteiger partial charge is 0.504 e. The molecule has 0 fully saturated rings. The molecule has 2 aliphatic rings. The second-order valence-corrected chi connectivity index (χ2v) is 19.1. The Bertz CT molecular complexity index is 3810. The maximum absolute atomic E-state index is 15.6. The first kappa shape index (κ1) is 57.1. The van der Waals surface area contributed by atoms with Crippen molar-refractivity contribution in [2.24, 2.45) is 11.5 Å². The fourth-order valence-corrected chi connectivity index (χ4v) is 10.1. The van der Waals surface area contributed by atoms with Crippen LogP contribution in [0.2, 0.25) is 0 Å². The Labute approximate surface area is 485 Å². The first-order valence-corrected chi connectivity index (χ1v) is 26.1. The number of aromatic hydroxyl groups is 4. The number of allylic oxidation sites excluding steroid dienone is 8. The lowest BCUT2D eigenvalue weighted by Gasteiger charge is -2.38. The standard InChI is InChI=1S/C68H56N6O10/c1-81-59-34-41(20-28-53(59)75)18-26-51-65(57(79)32-24-43-22-30-55(77)61(36-43)83-3)63(49(39-69)67(71)73(51)47-14-7-5-8-15-47)45-12-11-13-46(38-45)64-50(40-70)68(72)74(48-16-9-6-10-17-48)52(27-19-42-21-29-54(76)60(35-42)82-2)66(64)58(80)33-25-44-23-31-56(78)62(37-44)84-4/h5-38,63-64,75-78H,71-72H2,1-4H3. The molecule has 0 aromatic heterocycles. The third-order valence-electron chi connectivity index (χ3n) is 14.1. The third-order valence-corrected chi connectivity index (χ3v) is 14.1. The summed E-state index contributed by atoms with van der Waals surface area (Å²) in [5.74, 6) is -3.21. The van der Waals surface area contributed by atoms with E-state index in [4.69, 9.17) is 30.4 Å². The predicted octanol–water partition coefficient (Wildman–Crippen LogP) is 11.6. The smallest absolute Gasteiger partial charge is 0.184 e. The van der Waals surface area contributed by atoms with E-state index in [0.717, 1.165) is 0 Å². The van der Waals surface area contributed by atoms with Gasteiger partial charge in [-0.3, -0.25) is 19.4 Å². The second kappa shape index (κ2) is 25.2. The van der Waals surface area contributed by atoms with Crippen LogP contribution in [0.25, 0.3) is 24.3 Å². The van der Waals surface area contributed by atoms with Gasteiger partial charge in [-0.2, -0.15) is 10.5 Å². The summed E-state index contributed by atoms with van der Waals surface area (Å²) in [5.41, 5.74) is 19.0. The maximum Gasteiger partial charge on any atom is 0.184 e. The minimum Gasteiger partial charge on any atom is -0.504 e. The molecule has 0 amide bonds. The van der Waals surface area contributed by atoms with E-state index in [2.05, 4.69) is 12.1 Å². The van der Waals surface area contributed by atoms with Crippen molar-refractivity contribution in [3.63, 3.8) is 0 Å². The molecular formula is C68H56N6O10. The molecule has 0 saturated carbocycles. The molecule has 7 aromatic carbocycles. The van der Waals surface area contributed by atoms with Crippen molar-refractivity contribution in [2.75, 3.05) is 38.2 Å². The molecule has 9 rings (SSSR count). The quantitative estimate of drug-likeness (QED) is 0.0437. The number of carbonyl (C=O) groups is 2. The molecule has 8 N–H and O–H groups in total. The van der Waals surface area contributed by atoms with Gasteiger partial charge in [0.15, 0.2) is 57.6 Å². The van der Waals surface area contributed by atoms with Crippen molar-refractivity contribution >= 4 is 47.2 Å². The van der Waals surface area contributed by atoms with E-state index in [1.54, 1.807) is 168 Å². The molecule has 16 heteroatoms. The number of ether oxygens (including phenoxy) is 4. The molecule has 0 bridgehead atoms. The summed E-state index contributed by atoms with van der Waals surface area (Å²) in [6.07, 6.45) is 12.6. The highest BCUT2D eigenvalue weighted by Crippen LogP contribution is 2.48. The lowest BCUT2D eigenvalue weighted by Crippen LogP contribution is -2.37. The molecule has 16 nitrogen and oxygen atoms in total. The summed E-state index contributed by atoms with van der Waals surface area (Å²) in [6, 6.07) is 48.2. The summed E-state index contributed by atoms with van der Waals surface area (Å²) in [6.45, 7) is 0. The minimum atomic E-state index is -1.22.